The number of nitrogens with zero attached hydrogens (tertiary/aromatic N) is 4. The maximum Gasteiger partial charge on any atom is 0.167 e. The zero-order valence-corrected chi connectivity index (χ0v) is 13.2. The second kappa shape index (κ2) is 5.65. The van der Waals surface area contributed by atoms with Crippen LogP contribution in [0.25, 0.3) is 11.2 Å². The molecule has 0 aliphatic carbocycles. The summed E-state index contributed by atoms with van der Waals surface area (Å²) in [5, 5.41) is 20.2. The van der Waals surface area contributed by atoms with E-state index in [1.165, 1.54) is 6.33 Å². The summed E-state index contributed by atoms with van der Waals surface area (Å²) < 4.78 is 7.25. The molecule has 120 valence electrons. The van der Waals surface area contributed by atoms with Crippen LogP contribution in [0.2, 0.25) is 0 Å². The lowest BCUT2D eigenvalue weighted by Gasteiger charge is -2.17. The van der Waals surface area contributed by atoms with Crippen molar-refractivity contribution in [3.05, 3.63) is 12.2 Å². The number of nitrogens with two attached hydrogens (primary N) is 1. The third kappa shape index (κ3) is 2.34. The number of imidazole rings is 1. The number of hydrogen-bond donors (Lipinski definition) is 4. The average Bonchev–Trinajstić information content (AvgIpc) is 3.02. The smallest absolute Gasteiger partial charge is 0.167 e. The molecule has 0 amide bonds. The molecule has 0 spiro atoms. The maximum atomic E-state index is 10.2. The van der Waals surface area contributed by atoms with Crippen molar-refractivity contribution in [3.63, 3.8) is 0 Å². The Hall–Kier alpha value is -1.42. The van der Waals surface area contributed by atoms with E-state index in [9.17, 15) is 10.2 Å². The van der Waals surface area contributed by atoms with Crippen molar-refractivity contribution in [2.45, 2.75) is 44.3 Å². The monoisotopic (exact) mass is 325 g/mol. The van der Waals surface area contributed by atoms with E-state index in [0.29, 0.717) is 22.7 Å². The van der Waals surface area contributed by atoms with Crippen LogP contribution in [0.4, 0.5) is 5.82 Å². The first-order chi connectivity index (χ1) is 10.4. The molecule has 4 atom stereocenters. The lowest BCUT2D eigenvalue weighted by atomic mass is 10.1. The quantitative estimate of drug-likeness (QED) is 0.590. The van der Waals surface area contributed by atoms with Crippen molar-refractivity contribution in [1.82, 2.24) is 19.5 Å². The molecule has 0 unspecified atom stereocenters. The molecule has 8 nitrogen and oxygen atoms in total. The number of ether oxygens (including phenoxy) is 1. The van der Waals surface area contributed by atoms with Crippen LogP contribution in [0.3, 0.4) is 0 Å². The van der Waals surface area contributed by atoms with Gasteiger partial charge in [-0.1, -0.05) is 13.8 Å². The van der Waals surface area contributed by atoms with E-state index >= 15 is 0 Å². The minimum absolute atomic E-state index is 0.0975. The number of aliphatic hydroxyl groups excluding tert-OH is 2. The van der Waals surface area contributed by atoms with Crippen molar-refractivity contribution in [3.8, 4) is 0 Å². The van der Waals surface area contributed by atoms with Gasteiger partial charge in [0.1, 0.15) is 23.5 Å². The van der Waals surface area contributed by atoms with Gasteiger partial charge in [-0.2, -0.15) is 12.6 Å². The van der Waals surface area contributed by atoms with Gasteiger partial charge >= 0.3 is 0 Å². The topological polar surface area (TPSA) is 119 Å². The first-order valence-electron chi connectivity index (χ1n) is 7.06. The summed E-state index contributed by atoms with van der Waals surface area (Å²) in [7, 11) is 0. The van der Waals surface area contributed by atoms with Gasteiger partial charge in [0.25, 0.3) is 0 Å². The van der Waals surface area contributed by atoms with Crippen LogP contribution in [-0.2, 0) is 4.74 Å². The molecular weight excluding hydrogens is 306 g/mol. The molecule has 2 aromatic heterocycles. The number of fused-ring (bicyclic) bond motifs is 1. The molecule has 0 aromatic carbocycles. The van der Waals surface area contributed by atoms with Crippen LogP contribution < -0.4 is 5.73 Å². The molecule has 9 heteroatoms. The van der Waals surface area contributed by atoms with E-state index < -0.39 is 24.5 Å². The fourth-order valence-electron chi connectivity index (χ4n) is 2.51. The van der Waals surface area contributed by atoms with Crippen molar-refractivity contribution in [2.75, 3.05) is 11.5 Å². The standard InChI is InChI=1S/C13H19N5O3S/c1-5(2)11-16-10(14)7-12(17-11)18(4-15-7)13-9(20)8(19)6(3-22)21-13/h4-6,8-9,13,19-20,22H,3H2,1-2H3,(H2,14,16,17)/t6-,8-,9-,13-/m1/s1. The van der Waals surface area contributed by atoms with Crippen LogP contribution >= 0.6 is 12.6 Å². The Bertz CT molecular complexity index is 692. The average molecular weight is 325 g/mol. The van der Waals surface area contributed by atoms with E-state index in [-0.39, 0.29) is 11.7 Å². The Labute approximate surface area is 132 Å². The molecule has 0 bridgehead atoms. The lowest BCUT2D eigenvalue weighted by Crippen LogP contribution is -2.32. The van der Waals surface area contributed by atoms with Gasteiger partial charge in [-0.3, -0.25) is 4.57 Å². The van der Waals surface area contributed by atoms with Gasteiger partial charge in [0.05, 0.1) is 12.4 Å². The molecule has 1 saturated heterocycles. The van der Waals surface area contributed by atoms with Gasteiger partial charge in [-0.25, -0.2) is 15.0 Å². The SMILES string of the molecule is CC(C)c1nc(N)c2ncn([C@@H]3O[C@H](CS)[C@@H](O)[C@H]3O)c2n1. The van der Waals surface area contributed by atoms with E-state index in [2.05, 4.69) is 27.6 Å². The van der Waals surface area contributed by atoms with E-state index in [1.807, 2.05) is 13.8 Å². The fraction of sp³-hybridized carbons (Fsp3) is 0.615. The summed E-state index contributed by atoms with van der Waals surface area (Å²) in [6, 6.07) is 0. The number of rotatable bonds is 3. The Balaban J connectivity index is 2.08. The first-order valence-corrected chi connectivity index (χ1v) is 7.69. The predicted molar refractivity (Wildman–Crippen MR) is 83.6 cm³/mol. The van der Waals surface area contributed by atoms with Gasteiger partial charge < -0.3 is 20.7 Å². The van der Waals surface area contributed by atoms with Crippen LogP contribution in [-0.4, -0.2) is 53.8 Å². The Morgan fingerprint density at radius 2 is 2.09 bits per heavy atom. The van der Waals surface area contributed by atoms with Gasteiger partial charge in [0, 0.05) is 11.7 Å². The highest BCUT2D eigenvalue weighted by Crippen LogP contribution is 2.32. The number of aliphatic hydroxyl groups is 2. The van der Waals surface area contributed by atoms with Gasteiger partial charge in [0.2, 0.25) is 0 Å². The Kier molecular flexibility index (Phi) is 3.98. The second-order valence-corrected chi connectivity index (χ2v) is 6.04. The molecule has 2 aromatic rings. The summed E-state index contributed by atoms with van der Waals surface area (Å²) >= 11 is 4.12. The molecule has 3 heterocycles. The highest BCUT2D eigenvalue weighted by molar-refractivity contribution is 7.80. The summed E-state index contributed by atoms with van der Waals surface area (Å²) in [5.74, 6) is 1.27. The molecule has 3 rings (SSSR count). The van der Waals surface area contributed by atoms with Gasteiger partial charge in [-0.15, -0.1) is 0 Å². The number of aromatic nitrogens is 4. The normalized spacial score (nSPS) is 28.8. The molecular formula is C13H19N5O3S. The number of nitrogen functional groups attached to an aromatic ring is 1. The zero-order valence-electron chi connectivity index (χ0n) is 12.3. The largest absolute Gasteiger partial charge is 0.387 e. The minimum Gasteiger partial charge on any atom is -0.387 e. The van der Waals surface area contributed by atoms with Crippen LogP contribution in [0, 0.1) is 0 Å². The van der Waals surface area contributed by atoms with Crippen LogP contribution in [0.5, 0.6) is 0 Å². The van der Waals surface area contributed by atoms with Crippen molar-refractivity contribution >= 4 is 29.6 Å². The fourth-order valence-corrected chi connectivity index (χ4v) is 2.81. The molecule has 4 N–H and O–H groups in total. The zero-order chi connectivity index (χ0) is 16.0. The summed E-state index contributed by atoms with van der Waals surface area (Å²) in [5.41, 5.74) is 6.86. The summed E-state index contributed by atoms with van der Waals surface area (Å²) in [6.07, 6.45) is -1.95. The van der Waals surface area contributed by atoms with Crippen molar-refractivity contribution in [2.24, 2.45) is 0 Å². The Morgan fingerprint density at radius 1 is 1.36 bits per heavy atom. The molecule has 1 aliphatic heterocycles. The first kappa shape index (κ1) is 15.5. The highest BCUT2D eigenvalue weighted by Gasteiger charge is 2.43. The van der Waals surface area contributed by atoms with Crippen LogP contribution in [0.1, 0.15) is 31.8 Å². The van der Waals surface area contributed by atoms with E-state index in [1.54, 1.807) is 4.57 Å². The number of hydrogen-bond acceptors (Lipinski definition) is 8. The van der Waals surface area contributed by atoms with Gasteiger partial charge in [0.15, 0.2) is 17.7 Å². The van der Waals surface area contributed by atoms with Crippen molar-refractivity contribution < 1.29 is 14.9 Å². The number of anilines is 1. The lowest BCUT2D eigenvalue weighted by molar-refractivity contribution is -0.0288. The summed E-state index contributed by atoms with van der Waals surface area (Å²) in [4.78, 5) is 12.9. The number of thiol groups is 1. The molecule has 1 aliphatic rings. The molecule has 22 heavy (non-hydrogen) atoms. The Morgan fingerprint density at radius 3 is 2.68 bits per heavy atom. The van der Waals surface area contributed by atoms with E-state index in [4.69, 9.17) is 10.5 Å². The predicted octanol–water partition coefficient (Wildman–Crippen LogP) is 0.0809. The molecule has 1 fully saturated rings. The summed E-state index contributed by atoms with van der Waals surface area (Å²) in [6.45, 7) is 3.92. The third-order valence-electron chi connectivity index (χ3n) is 3.77. The second-order valence-electron chi connectivity index (χ2n) is 5.67. The van der Waals surface area contributed by atoms with Crippen molar-refractivity contribution in [1.29, 1.82) is 0 Å². The highest BCUT2D eigenvalue weighted by atomic mass is 32.1. The van der Waals surface area contributed by atoms with E-state index in [0.717, 1.165) is 0 Å². The molecule has 0 radical (unpaired) electrons. The minimum atomic E-state index is -1.09. The third-order valence-corrected chi connectivity index (χ3v) is 4.13. The van der Waals surface area contributed by atoms with Crippen LogP contribution in [0.15, 0.2) is 6.33 Å². The maximum absolute atomic E-state index is 10.2. The molecule has 0 saturated carbocycles. The van der Waals surface area contributed by atoms with Gasteiger partial charge in [-0.05, 0) is 0 Å².